The van der Waals surface area contributed by atoms with E-state index in [-0.39, 0.29) is 33.5 Å². The summed E-state index contributed by atoms with van der Waals surface area (Å²) in [4.78, 5) is 27.6. The number of nitrogens with zero attached hydrogens (tertiary/aromatic N) is 2. The first-order valence-corrected chi connectivity index (χ1v) is 18.1. The number of carboxylic acid groups (broad SMARTS) is 1. The van der Waals surface area contributed by atoms with Gasteiger partial charge in [-0.1, -0.05) is 59.6 Å². The van der Waals surface area contributed by atoms with Gasteiger partial charge in [0.15, 0.2) is 0 Å². The zero-order valence-corrected chi connectivity index (χ0v) is 29.0. The van der Waals surface area contributed by atoms with Crippen LogP contribution < -0.4 is 18.7 Å². The van der Waals surface area contributed by atoms with Crippen molar-refractivity contribution in [3.63, 3.8) is 0 Å². The fourth-order valence-corrected chi connectivity index (χ4v) is 9.61. The third-order valence-electron chi connectivity index (χ3n) is 8.07. The fourth-order valence-electron chi connectivity index (χ4n) is 6.24. The van der Waals surface area contributed by atoms with Crippen LogP contribution in [0.2, 0.25) is 5.02 Å². The molecule has 14 heteroatoms. The molecule has 5 rings (SSSR count). The molecule has 4 aromatic rings. The predicted octanol–water partition coefficient (Wildman–Crippen LogP) is 5.16. The Hall–Kier alpha value is -4.59. The number of nitrogens with one attached hydrogen (secondary N) is 1. The van der Waals surface area contributed by atoms with Crippen LogP contribution in [0.5, 0.6) is 5.75 Å². The number of ether oxygens (including phenoxy) is 1. The SMILES string of the molecule is COc1cccc(C(C(=O)NS(=O)(=O)c2ccccc2Cl)N2CCc3c2cccc3N(CC(=O)O)S(=O)(=O)c2c(C)cc(C)cc2C)c1. The van der Waals surface area contributed by atoms with Gasteiger partial charge in [-0.15, -0.1) is 0 Å². The van der Waals surface area contributed by atoms with E-state index in [0.717, 1.165) is 9.87 Å². The minimum absolute atomic E-state index is 0.0141. The summed E-state index contributed by atoms with van der Waals surface area (Å²) in [5.74, 6) is -1.82. The summed E-state index contributed by atoms with van der Waals surface area (Å²) in [7, 11) is -7.32. The van der Waals surface area contributed by atoms with Gasteiger partial charge in [-0.2, -0.15) is 0 Å². The Morgan fingerprint density at radius 1 is 0.958 bits per heavy atom. The average Bonchev–Trinajstić information content (AvgIpc) is 3.43. The van der Waals surface area contributed by atoms with E-state index >= 15 is 0 Å². The third kappa shape index (κ3) is 6.71. The number of aryl methyl sites for hydroxylation is 3. The van der Waals surface area contributed by atoms with Gasteiger partial charge >= 0.3 is 5.97 Å². The van der Waals surface area contributed by atoms with Crippen molar-refractivity contribution in [2.75, 3.05) is 29.4 Å². The molecule has 0 radical (unpaired) electrons. The monoisotopic (exact) mass is 711 g/mol. The number of hydrogen-bond acceptors (Lipinski definition) is 8. The van der Waals surface area contributed by atoms with E-state index < -0.39 is 44.5 Å². The summed E-state index contributed by atoms with van der Waals surface area (Å²) in [5, 5.41) is 9.81. The summed E-state index contributed by atoms with van der Waals surface area (Å²) in [6.45, 7) is 4.51. The number of methoxy groups -OCH3 is 1. The second-order valence-corrected chi connectivity index (χ2v) is 15.3. The molecule has 252 valence electrons. The number of amides is 1. The van der Waals surface area contributed by atoms with Crippen LogP contribution in [-0.2, 0) is 36.1 Å². The van der Waals surface area contributed by atoms with E-state index in [4.69, 9.17) is 16.3 Å². The van der Waals surface area contributed by atoms with Crippen molar-refractivity contribution in [2.45, 2.75) is 43.0 Å². The highest BCUT2D eigenvalue weighted by molar-refractivity contribution is 7.93. The van der Waals surface area contributed by atoms with Crippen LogP contribution in [0.3, 0.4) is 0 Å². The van der Waals surface area contributed by atoms with E-state index in [1.807, 2.05) is 6.92 Å². The number of sulfonamides is 2. The Labute approximate surface area is 284 Å². The van der Waals surface area contributed by atoms with Crippen molar-refractivity contribution in [1.82, 2.24) is 4.72 Å². The molecule has 0 aliphatic carbocycles. The number of anilines is 2. The molecular weight excluding hydrogens is 678 g/mol. The van der Waals surface area contributed by atoms with Crippen molar-refractivity contribution in [3.8, 4) is 5.75 Å². The lowest BCUT2D eigenvalue weighted by Crippen LogP contribution is -2.42. The number of carboxylic acids is 1. The van der Waals surface area contributed by atoms with Gasteiger partial charge in [0.05, 0.1) is 22.7 Å². The van der Waals surface area contributed by atoms with Gasteiger partial charge in [0.1, 0.15) is 23.2 Å². The van der Waals surface area contributed by atoms with E-state index in [1.54, 1.807) is 73.3 Å². The summed E-state index contributed by atoms with van der Waals surface area (Å²) in [6, 6.07) is 19.4. The molecule has 1 unspecified atom stereocenters. The van der Waals surface area contributed by atoms with Crippen LogP contribution >= 0.6 is 11.6 Å². The second-order valence-electron chi connectivity index (χ2n) is 11.4. The van der Waals surface area contributed by atoms with Crippen LogP contribution in [0, 0.1) is 20.8 Å². The highest BCUT2D eigenvalue weighted by Crippen LogP contribution is 2.42. The standard InChI is InChI=1S/C34H34ClN3O8S2/c1-21-17-22(2)33(23(3)18-21)48(44,45)38(20-31(39)40)29-13-8-12-28-26(29)15-16-37(28)32(24-9-7-10-25(19-24)46-4)34(41)36-47(42,43)30-14-6-5-11-27(30)35/h5-14,17-19,32H,15-16,20H2,1-4H3,(H,36,41)(H,39,40). The number of benzene rings is 4. The maximum Gasteiger partial charge on any atom is 0.324 e. The molecule has 0 saturated heterocycles. The van der Waals surface area contributed by atoms with Crippen molar-refractivity contribution in [1.29, 1.82) is 0 Å². The Kier molecular flexibility index (Phi) is 9.77. The van der Waals surface area contributed by atoms with Crippen molar-refractivity contribution >= 4 is 54.9 Å². The topological polar surface area (TPSA) is 150 Å². The zero-order valence-electron chi connectivity index (χ0n) is 26.6. The summed E-state index contributed by atoms with van der Waals surface area (Å²) in [5.41, 5.74) is 3.29. The Bertz CT molecular complexity index is 2110. The molecule has 0 bridgehead atoms. The molecule has 0 aromatic heterocycles. The number of aliphatic carboxylic acids is 1. The van der Waals surface area contributed by atoms with E-state index in [2.05, 4.69) is 4.72 Å². The van der Waals surface area contributed by atoms with Crippen LogP contribution in [0.1, 0.15) is 33.9 Å². The molecule has 1 aliphatic heterocycles. The average molecular weight is 712 g/mol. The molecule has 48 heavy (non-hydrogen) atoms. The van der Waals surface area contributed by atoms with E-state index in [9.17, 15) is 31.5 Å². The molecule has 11 nitrogen and oxygen atoms in total. The summed E-state index contributed by atoms with van der Waals surface area (Å²) in [6.07, 6.45) is 0.230. The first-order chi connectivity index (χ1) is 22.6. The third-order valence-corrected chi connectivity index (χ3v) is 12.0. The number of rotatable bonds is 11. The maximum atomic E-state index is 14.2. The molecule has 1 amide bonds. The Morgan fingerprint density at radius 2 is 1.62 bits per heavy atom. The van der Waals surface area contributed by atoms with Gasteiger partial charge in [0.2, 0.25) is 0 Å². The maximum absolute atomic E-state index is 14.2. The van der Waals surface area contributed by atoms with Gasteiger partial charge in [0, 0.05) is 17.8 Å². The van der Waals surface area contributed by atoms with Crippen LogP contribution in [0.25, 0.3) is 0 Å². The predicted molar refractivity (Wildman–Crippen MR) is 183 cm³/mol. The number of fused-ring (bicyclic) bond motifs is 1. The van der Waals surface area contributed by atoms with Gasteiger partial charge in [-0.3, -0.25) is 13.9 Å². The number of carbonyl (C=O) groups is 2. The molecule has 1 heterocycles. The van der Waals surface area contributed by atoms with Gasteiger partial charge in [0.25, 0.3) is 26.0 Å². The zero-order chi connectivity index (χ0) is 35.0. The minimum Gasteiger partial charge on any atom is -0.497 e. The Balaban J connectivity index is 1.63. The number of hydrogen-bond donors (Lipinski definition) is 2. The van der Waals surface area contributed by atoms with E-state index in [1.165, 1.54) is 31.4 Å². The smallest absolute Gasteiger partial charge is 0.324 e. The normalized spacial score (nSPS) is 13.5. The molecule has 1 aliphatic rings. The Morgan fingerprint density at radius 3 is 2.27 bits per heavy atom. The van der Waals surface area contributed by atoms with Gasteiger partial charge < -0.3 is 14.7 Å². The minimum atomic E-state index is -4.40. The largest absolute Gasteiger partial charge is 0.497 e. The van der Waals surface area contributed by atoms with Crippen LogP contribution in [-0.4, -0.2) is 54.0 Å². The van der Waals surface area contributed by atoms with Gasteiger partial charge in [-0.05, 0) is 80.3 Å². The fraction of sp³-hybridized carbons (Fsp3) is 0.235. The highest BCUT2D eigenvalue weighted by Gasteiger charge is 2.39. The first-order valence-electron chi connectivity index (χ1n) is 14.8. The van der Waals surface area contributed by atoms with Crippen molar-refractivity contribution in [2.24, 2.45) is 0 Å². The quantitative estimate of drug-likeness (QED) is 0.215. The summed E-state index contributed by atoms with van der Waals surface area (Å²) < 4.78 is 63.6. The lowest BCUT2D eigenvalue weighted by atomic mass is 10.0. The molecule has 0 spiro atoms. The van der Waals surface area contributed by atoms with Gasteiger partial charge in [-0.25, -0.2) is 21.6 Å². The first kappa shape index (κ1) is 34.7. The highest BCUT2D eigenvalue weighted by atomic mass is 35.5. The molecular formula is C34H34ClN3O8S2. The molecule has 1 atom stereocenters. The lowest BCUT2D eigenvalue weighted by molar-refractivity contribution is -0.135. The van der Waals surface area contributed by atoms with Crippen LogP contribution in [0.15, 0.2) is 88.7 Å². The molecule has 0 fully saturated rings. The molecule has 2 N–H and O–H groups in total. The number of halogens is 1. The second kappa shape index (κ2) is 13.5. The van der Waals surface area contributed by atoms with Crippen LogP contribution in [0.4, 0.5) is 11.4 Å². The molecule has 4 aromatic carbocycles. The lowest BCUT2D eigenvalue weighted by Gasteiger charge is -2.31. The van der Waals surface area contributed by atoms with Crippen molar-refractivity contribution < 1.29 is 36.3 Å². The summed E-state index contributed by atoms with van der Waals surface area (Å²) >= 11 is 6.16. The number of carbonyl (C=O) groups excluding carboxylic acids is 1. The van der Waals surface area contributed by atoms with E-state index in [0.29, 0.717) is 33.7 Å². The molecule has 0 saturated carbocycles. The van der Waals surface area contributed by atoms with Crippen molar-refractivity contribution in [3.05, 3.63) is 112 Å².